The molecular formula is C12H14N4O2. The Kier molecular flexibility index (Phi) is 3.18. The summed E-state index contributed by atoms with van der Waals surface area (Å²) in [7, 11) is 3.27. The fourth-order valence-electron chi connectivity index (χ4n) is 1.56. The van der Waals surface area contributed by atoms with Gasteiger partial charge in [-0.3, -0.25) is 9.59 Å². The minimum atomic E-state index is -0.318. The molecule has 0 fully saturated rings. The average Bonchev–Trinajstić information content (AvgIpc) is 2.97. The molecule has 18 heavy (non-hydrogen) atoms. The van der Waals surface area contributed by atoms with Crippen LogP contribution in [0.5, 0.6) is 0 Å². The molecule has 0 aliphatic rings. The van der Waals surface area contributed by atoms with Crippen molar-refractivity contribution in [2.24, 2.45) is 0 Å². The molecule has 0 bridgehead atoms. The van der Waals surface area contributed by atoms with Gasteiger partial charge in [0, 0.05) is 32.7 Å². The Morgan fingerprint density at radius 2 is 2.00 bits per heavy atom. The predicted molar refractivity (Wildman–Crippen MR) is 67.6 cm³/mol. The number of carbonyl (C=O) groups is 2. The average molecular weight is 246 g/mol. The summed E-state index contributed by atoms with van der Waals surface area (Å²) < 4.78 is 0. The SMILES string of the molecule is CN(C)C(=O)c1[nH]ccc1C(=O)Nc1cc[nH]c1. The molecule has 2 amide bonds. The van der Waals surface area contributed by atoms with E-state index in [0.717, 1.165) is 0 Å². The molecule has 6 heteroatoms. The highest BCUT2D eigenvalue weighted by atomic mass is 16.2. The first-order valence-electron chi connectivity index (χ1n) is 5.42. The number of nitrogens with one attached hydrogen (secondary N) is 3. The van der Waals surface area contributed by atoms with Gasteiger partial charge in [-0.2, -0.15) is 0 Å². The lowest BCUT2D eigenvalue weighted by Crippen LogP contribution is -2.25. The molecule has 6 nitrogen and oxygen atoms in total. The number of aromatic amines is 2. The third-order valence-corrected chi connectivity index (χ3v) is 2.47. The summed E-state index contributed by atoms with van der Waals surface area (Å²) in [6.07, 6.45) is 4.94. The van der Waals surface area contributed by atoms with Gasteiger partial charge in [-0.25, -0.2) is 0 Å². The van der Waals surface area contributed by atoms with Gasteiger partial charge in [-0.05, 0) is 12.1 Å². The van der Waals surface area contributed by atoms with Crippen molar-refractivity contribution in [1.29, 1.82) is 0 Å². The Balaban J connectivity index is 2.21. The smallest absolute Gasteiger partial charge is 0.270 e. The van der Waals surface area contributed by atoms with Crippen LogP contribution in [0.15, 0.2) is 30.7 Å². The molecule has 0 saturated heterocycles. The van der Waals surface area contributed by atoms with Gasteiger partial charge < -0.3 is 20.2 Å². The molecule has 3 N–H and O–H groups in total. The van der Waals surface area contributed by atoms with Crippen LogP contribution in [0.3, 0.4) is 0 Å². The van der Waals surface area contributed by atoms with Crippen molar-refractivity contribution >= 4 is 17.5 Å². The largest absolute Gasteiger partial charge is 0.366 e. The van der Waals surface area contributed by atoms with E-state index in [0.29, 0.717) is 11.3 Å². The zero-order valence-electron chi connectivity index (χ0n) is 10.2. The molecule has 0 spiro atoms. The van der Waals surface area contributed by atoms with Crippen LogP contribution in [0.2, 0.25) is 0 Å². The van der Waals surface area contributed by atoms with Crippen LogP contribution in [0.1, 0.15) is 20.8 Å². The fourth-order valence-corrected chi connectivity index (χ4v) is 1.56. The number of hydrogen-bond donors (Lipinski definition) is 3. The Hall–Kier alpha value is -2.50. The molecule has 0 saturated carbocycles. The van der Waals surface area contributed by atoms with Gasteiger partial charge in [0.1, 0.15) is 5.69 Å². The molecule has 0 aliphatic heterocycles. The molecule has 2 aromatic rings. The van der Waals surface area contributed by atoms with Crippen LogP contribution in [-0.4, -0.2) is 40.8 Å². The van der Waals surface area contributed by atoms with Gasteiger partial charge in [0.2, 0.25) is 0 Å². The highest BCUT2D eigenvalue weighted by Gasteiger charge is 2.19. The van der Waals surface area contributed by atoms with Crippen molar-refractivity contribution in [2.45, 2.75) is 0 Å². The van der Waals surface area contributed by atoms with Gasteiger partial charge in [-0.1, -0.05) is 0 Å². The van der Waals surface area contributed by atoms with E-state index < -0.39 is 0 Å². The number of H-pyrrole nitrogens is 2. The van der Waals surface area contributed by atoms with Crippen LogP contribution in [0, 0.1) is 0 Å². The van der Waals surface area contributed by atoms with E-state index in [4.69, 9.17) is 0 Å². The maximum Gasteiger partial charge on any atom is 0.270 e. The molecular weight excluding hydrogens is 232 g/mol. The second-order valence-corrected chi connectivity index (χ2v) is 4.02. The Morgan fingerprint density at radius 1 is 1.22 bits per heavy atom. The van der Waals surface area contributed by atoms with Gasteiger partial charge in [-0.15, -0.1) is 0 Å². The van der Waals surface area contributed by atoms with Gasteiger partial charge >= 0.3 is 0 Å². The maximum atomic E-state index is 12.0. The summed E-state index contributed by atoms with van der Waals surface area (Å²) in [6, 6.07) is 3.32. The quantitative estimate of drug-likeness (QED) is 0.763. The monoisotopic (exact) mass is 246 g/mol. The minimum Gasteiger partial charge on any atom is -0.366 e. The Bertz CT molecular complexity index is 554. The van der Waals surface area contributed by atoms with E-state index in [-0.39, 0.29) is 17.5 Å². The highest BCUT2D eigenvalue weighted by molar-refractivity contribution is 6.11. The molecule has 2 heterocycles. The van der Waals surface area contributed by atoms with E-state index in [2.05, 4.69) is 15.3 Å². The molecule has 0 aliphatic carbocycles. The molecule has 0 radical (unpaired) electrons. The number of rotatable bonds is 3. The van der Waals surface area contributed by atoms with Crippen molar-refractivity contribution in [3.63, 3.8) is 0 Å². The lowest BCUT2D eigenvalue weighted by molar-refractivity contribution is 0.0817. The van der Waals surface area contributed by atoms with Crippen LogP contribution < -0.4 is 5.32 Å². The fraction of sp³-hybridized carbons (Fsp3) is 0.167. The number of hydrogen-bond acceptors (Lipinski definition) is 2. The van der Waals surface area contributed by atoms with Gasteiger partial charge in [0.05, 0.1) is 11.3 Å². The van der Waals surface area contributed by atoms with Crippen molar-refractivity contribution < 1.29 is 9.59 Å². The summed E-state index contributed by atoms with van der Waals surface area (Å²) in [5, 5.41) is 2.70. The summed E-state index contributed by atoms with van der Waals surface area (Å²) in [4.78, 5) is 30.9. The van der Waals surface area contributed by atoms with Crippen LogP contribution in [0.25, 0.3) is 0 Å². The Labute approximate surface area is 104 Å². The second kappa shape index (κ2) is 4.79. The molecule has 2 aromatic heterocycles. The maximum absolute atomic E-state index is 12.0. The summed E-state index contributed by atoms with van der Waals surface area (Å²) in [6.45, 7) is 0. The zero-order chi connectivity index (χ0) is 13.1. The van der Waals surface area contributed by atoms with Crippen molar-refractivity contribution in [1.82, 2.24) is 14.9 Å². The number of amides is 2. The predicted octanol–water partition coefficient (Wildman–Crippen LogP) is 1.30. The van der Waals surface area contributed by atoms with E-state index >= 15 is 0 Å². The first kappa shape index (κ1) is 12.0. The van der Waals surface area contributed by atoms with Crippen LogP contribution >= 0.6 is 0 Å². The molecule has 2 rings (SSSR count). The highest BCUT2D eigenvalue weighted by Crippen LogP contribution is 2.12. The third-order valence-electron chi connectivity index (χ3n) is 2.47. The zero-order valence-corrected chi connectivity index (χ0v) is 10.2. The minimum absolute atomic E-state index is 0.237. The number of anilines is 1. The topological polar surface area (TPSA) is 81.0 Å². The van der Waals surface area contributed by atoms with E-state index in [1.165, 1.54) is 4.90 Å². The van der Waals surface area contributed by atoms with Crippen molar-refractivity contribution in [3.05, 3.63) is 42.0 Å². The van der Waals surface area contributed by atoms with E-state index in [9.17, 15) is 9.59 Å². The number of aromatic nitrogens is 2. The number of nitrogens with zero attached hydrogens (tertiary/aromatic N) is 1. The first-order chi connectivity index (χ1) is 8.59. The summed E-state index contributed by atoms with van der Waals surface area (Å²) in [5.74, 6) is -0.555. The third kappa shape index (κ3) is 2.27. The normalized spacial score (nSPS) is 10.1. The van der Waals surface area contributed by atoms with E-state index in [1.807, 2.05) is 0 Å². The standard InChI is InChI=1S/C12H14N4O2/c1-16(2)12(18)10-9(4-6-14-10)11(17)15-8-3-5-13-7-8/h3-7,13-14H,1-2H3,(H,15,17). The van der Waals surface area contributed by atoms with Crippen molar-refractivity contribution in [2.75, 3.05) is 19.4 Å². The summed E-state index contributed by atoms with van der Waals surface area (Å²) >= 11 is 0. The lowest BCUT2D eigenvalue weighted by atomic mass is 10.2. The van der Waals surface area contributed by atoms with E-state index in [1.54, 1.807) is 44.8 Å². The van der Waals surface area contributed by atoms with Crippen molar-refractivity contribution in [3.8, 4) is 0 Å². The lowest BCUT2D eigenvalue weighted by Gasteiger charge is -2.10. The first-order valence-corrected chi connectivity index (χ1v) is 5.42. The van der Waals surface area contributed by atoms with Gasteiger partial charge in [0.25, 0.3) is 11.8 Å². The number of carbonyl (C=O) groups excluding carboxylic acids is 2. The summed E-state index contributed by atoms with van der Waals surface area (Å²) in [5.41, 5.74) is 1.27. The molecule has 0 aromatic carbocycles. The Morgan fingerprint density at radius 3 is 2.61 bits per heavy atom. The van der Waals surface area contributed by atoms with Gasteiger partial charge in [0.15, 0.2) is 0 Å². The molecule has 0 unspecified atom stereocenters. The second-order valence-electron chi connectivity index (χ2n) is 4.02. The van der Waals surface area contributed by atoms with Crippen LogP contribution in [0.4, 0.5) is 5.69 Å². The molecule has 0 atom stereocenters. The molecule has 94 valence electrons. The van der Waals surface area contributed by atoms with Crippen LogP contribution in [-0.2, 0) is 0 Å².